The second kappa shape index (κ2) is 57.2. The van der Waals surface area contributed by atoms with Gasteiger partial charge in [0.2, 0.25) is 0 Å². The van der Waals surface area contributed by atoms with Crippen LogP contribution in [0.15, 0.2) is 0 Å². The number of unbranched alkanes of at least 4 members (excludes halogenated alkanes) is 31. The highest BCUT2D eigenvalue weighted by Gasteiger charge is 2.30. The molecule has 0 aromatic rings. The maximum Gasteiger partial charge on any atom is 0.472 e. The van der Waals surface area contributed by atoms with Crippen LogP contribution in [0.5, 0.6) is 0 Å². The summed E-state index contributed by atoms with van der Waals surface area (Å²) in [6, 6.07) is 0. The SMILES string of the molecule is CCCCCCCCCCCC(=O)OC[C@H](COP(=O)(O)OC[C@H](O)COP(=O)(O)OC[C@@H](COC(=O)CCCCCCCCCCCC(C)C)OC(=O)CCCCCCCCCCCCCC(C)C)OC(=O)CCCCCCCCC(C)CC. The van der Waals surface area contributed by atoms with Gasteiger partial charge in [-0.15, -0.1) is 0 Å². The molecule has 0 saturated carbocycles. The minimum Gasteiger partial charge on any atom is -0.462 e. The summed E-state index contributed by atoms with van der Waals surface area (Å²) >= 11 is 0. The molecule has 0 rings (SSSR count). The number of hydrogen-bond acceptors (Lipinski definition) is 15. The van der Waals surface area contributed by atoms with E-state index in [1.807, 2.05) is 0 Å². The van der Waals surface area contributed by atoms with Crippen LogP contribution in [0.2, 0.25) is 0 Å². The Balaban J connectivity index is 5.25. The minimum absolute atomic E-state index is 0.103. The Morgan fingerprint density at radius 2 is 0.600 bits per heavy atom. The van der Waals surface area contributed by atoms with E-state index in [-0.39, 0.29) is 25.7 Å². The average Bonchev–Trinajstić information content (AvgIpc) is 3.46. The Hall–Kier alpha value is -1.94. The van der Waals surface area contributed by atoms with Gasteiger partial charge >= 0.3 is 39.5 Å². The van der Waals surface area contributed by atoms with Crippen molar-refractivity contribution in [2.75, 3.05) is 39.6 Å². The van der Waals surface area contributed by atoms with Crippen LogP contribution in [0.3, 0.4) is 0 Å². The molecule has 504 valence electrons. The molecule has 0 heterocycles. The molecular weight excluding hydrogens is 1130 g/mol. The molecule has 0 aromatic carbocycles. The molecule has 0 fully saturated rings. The molecule has 0 saturated heterocycles. The van der Waals surface area contributed by atoms with Crippen molar-refractivity contribution in [1.82, 2.24) is 0 Å². The monoisotopic (exact) mass is 1250 g/mol. The molecule has 85 heavy (non-hydrogen) atoms. The molecule has 19 heteroatoms. The van der Waals surface area contributed by atoms with Crippen LogP contribution in [-0.2, 0) is 65.4 Å². The summed E-state index contributed by atoms with van der Waals surface area (Å²) in [4.78, 5) is 72.3. The number of carbonyl (C=O) groups excluding carboxylic acids is 4. The van der Waals surface area contributed by atoms with E-state index in [4.69, 9.17) is 37.0 Å². The number of rotatable bonds is 64. The van der Waals surface area contributed by atoms with Crippen LogP contribution in [0.4, 0.5) is 0 Å². The van der Waals surface area contributed by atoms with E-state index in [9.17, 15) is 43.2 Å². The molecule has 6 atom stereocenters. The normalized spacial score (nSPS) is 14.6. The van der Waals surface area contributed by atoms with Gasteiger partial charge < -0.3 is 33.8 Å². The number of esters is 4. The summed E-state index contributed by atoms with van der Waals surface area (Å²) in [5.41, 5.74) is 0. The lowest BCUT2D eigenvalue weighted by molar-refractivity contribution is -0.161. The molecule has 0 aromatic heterocycles. The molecule has 0 aliphatic carbocycles. The summed E-state index contributed by atoms with van der Waals surface area (Å²) in [5.74, 6) is 0.0937. The summed E-state index contributed by atoms with van der Waals surface area (Å²) < 4.78 is 68.1. The smallest absolute Gasteiger partial charge is 0.462 e. The summed E-state index contributed by atoms with van der Waals surface area (Å²) in [5, 5.41) is 10.5. The molecule has 0 aliphatic heterocycles. The predicted octanol–water partition coefficient (Wildman–Crippen LogP) is 18.3. The van der Waals surface area contributed by atoms with Crippen molar-refractivity contribution in [2.24, 2.45) is 17.8 Å². The fraction of sp³-hybridized carbons (Fsp3) is 0.939. The molecule has 0 amide bonds. The van der Waals surface area contributed by atoms with E-state index in [2.05, 4.69) is 48.5 Å². The third-order valence-electron chi connectivity index (χ3n) is 15.5. The Morgan fingerprint density at radius 3 is 0.894 bits per heavy atom. The van der Waals surface area contributed by atoms with Crippen LogP contribution < -0.4 is 0 Å². The van der Waals surface area contributed by atoms with Crippen molar-refractivity contribution in [3.05, 3.63) is 0 Å². The van der Waals surface area contributed by atoms with Gasteiger partial charge in [-0.2, -0.15) is 0 Å². The second-order valence-corrected chi connectivity index (χ2v) is 28.0. The van der Waals surface area contributed by atoms with Crippen LogP contribution in [0.25, 0.3) is 0 Å². The predicted molar refractivity (Wildman–Crippen MR) is 340 cm³/mol. The van der Waals surface area contributed by atoms with Gasteiger partial charge in [-0.05, 0) is 43.4 Å². The van der Waals surface area contributed by atoms with Crippen LogP contribution in [-0.4, -0.2) is 96.7 Å². The molecule has 3 N–H and O–H groups in total. The molecule has 0 bridgehead atoms. The first-order valence-electron chi connectivity index (χ1n) is 34.4. The number of phosphoric ester groups is 2. The molecular formula is C66H128O17P2. The number of aliphatic hydroxyl groups excluding tert-OH is 1. The highest BCUT2D eigenvalue weighted by atomic mass is 31.2. The Kier molecular flexibility index (Phi) is 55.9. The van der Waals surface area contributed by atoms with Gasteiger partial charge in [-0.1, -0.05) is 273 Å². The van der Waals surface area contributed by atoms with Gasteiger partial charge in [0, 0.05) is 25.7 Å². The molecule has 0 spiro atoms. The quantitative estimate of drug-likeness (QED) is 0.0222. The lowest BCUT2D eigenvalue weighted by Gasteiger charge is -2.21. The molecule has 3 unspecified atom stereocenters. The number of carbonyl (C=O) groups is 4. The summed E-state index contributed by atoms with van der Waals surface area (Å²) in [7, 11) is -9.89. The number of phosphoric acid groups is 2. The minimum atomic E-state index is -4.95. The summed E-state index contributed by atoms with van der Waals surface area (Å²) in [6.45, 7) is 11.7. The Bertz CT molecular complexity index is 1680. The number of ether oxygens (including phenoxy) is 4. The van der Waals surface area contributed by atoms with Gasteiger partial charge in [0.15, 0.2) is 12.2 Å². The molecule has 17 nitrogen and oxygen atoms in total. The van der Waals surface area contributed by atoms with Crippen molar-refractivity contribution < 1.29 is 80.2 Å². The fourth-order valence-electron chi connectivity index (χ4n) is 9.80. The van der Waals surface area contributed by atoms with Crippen LogP contribution >= 0.6 is 15.6 Å². The zero-order valence-electron chi connectivity index (χ0n) is 55.1. The Morgan fingerprint density at radius 1 is 0.341 bits per heavy atom. The highest BCUT2D eigenvalue weighted by Crippen LogP contribution is 2.45. The number of hydrogen-bond donors (Lipinski definition) is 3. The third kappa shape index (κ3) is 59.5. The standard InChI is InChI=1S/C66H128O17P2/c1-8-10-11-12-13-18-25-33-40-47-63(68)76-54-62(83-66(71)50-43-36-29-28-32-39-46-59(7)9-2)56-81-85(74,75)79-52-60(67)51-78-84(72,73)80-55-61(53-77-64(69)48-41-34-26-22-17-20-24-31-38-45-58(5)6)82-65(70)49-42-35-27-21-16-14-15-19-23-30-37-44-57(3)4/h57-62,67H,8-56H2,1-7H3,(H,72,73)(H,74,75)/t59?,60-,61-,62-/m1/s1. The van der Waals surface area contributed by atoms with Gasteiger partial charge in [-0.3, -0.25) is 37.3 Å². The zero-order valence-corrected chi connectivity index (χ0v) is 56.9. The topological polar surface area (TPSA) is 237 Å². The van der Waals surface area contributed by atoms with E-state index in [0.717, 1.165) is 108 Å². The Labute approximate surface area is 517 Å². The maximum atomic E-state index is 13.0. The van der Waals surface area contributed by atoms with Crippen molar-refractivity contribution in [3.63, 3.8) is 0 Å². The van der Waals surface area contributed by atoms with Crippen LogP contribution in [0.1, 0.15) is 325 Å². The first-order valence-corrected chi connectivity index (χ1v) is 37.4. The summed E-state index contributed by atoms with van der Waals surface area (Å²) in [6.07, 6.45) is 38.9. The number of aliphatic hydroxyl groups is 1. The van der Waals surface area contributed by atoms with Crippen molar-refractivity contribution in [2.45, 2.75) is 343 Å². The fourth-order valence-corrected chi connectivity index (χ4v) is 11.4. The average molecular weight is 1260 g/mol. The van der Waals surface area contributed by atoms with E-state index in [0.29, 0.717) is 25.7 Å². The van der Waals surface area contributed by atoms with Gasteiger partial charge in [0.05, 0.1) is 26.4 Å². The largest absolute Gasteiger partial charge is 0.472 e. The zero-order chi connectivity index (χ0) is 63.1. The van der Waals surface area contributed by atoms with Gasteiger partial charge in [0.25, 0.3) is 0 Å². The van der Waals surface area contributed by atoms with Crippen molar-refractivity contribution in [3.8, 4) is 0 Å². The highest BCUT2D eigenvalue weighted by molar-refractivity contribution is 7.47. The van der Waals surface area contributed by atoms with Crippen molar-refractivity contribution >= 4 is 39.5 Å². The second-order valence-electron chi connectivity index (χ2n) is 25.1. The van der Waals surface area contributed by atoms with E-state index in [1.54, 1.807) is 0 Å². The van der Waals surface area contributed by atoms with E-state index < -0.39 is 97.5 Å². The van der Waals surface area contributed by atoms with Crippen LogP contribution in [0, 0.1) is 17.8 Å². The van der Waals surface area contributed by atoms with Gasteiger partial charge in [-0.25, -0.2) is 9.13 Å². The third-order valence-corrected chi connectivity index (χ3v) is 17.4. The first kappa shape index (κ1) is 83.1. The lowest BCUT2D eigenvalue weighted by atomic mass is 10.00. The van der Waals surface area contributed by atoms with E-state index >= 15 is 0 Å². The molecule has 0 radical (unpaired) electrons. The lowest BCUT2D eigenvalue weighted by Crippen LogP contribution is -2.30. The van der Waals surface area contributed by atoms with Crippen molar-refractivity contribution in [1.29, 1.82) is 0 Å². The first-order chi connectivity index (χ1) is 40.8. The molecule has 0 aliphatic rings. The maximum absolute atomic E-state index is 13.0. The van der Waals surface area contributed by atoms with Gasteiger partial charge in [0.1, 0.15) is 19.3 Å². The van der Waals surface area contributed by atoms with E-state index in [1.165, 1.54) is 135 Å².